The van der Waals surface area contributed by atoms with Gasteiger partial charge in [-0.3, -0.25) is 4.79 Å². The summed E-state index contributed by atoms with van der Waals surface area (Å²) in [6.07, 6.45) is 0. The summed E-state index contributed by atoms with van der Waals surface area (Å²) in [5.41, 5.74) is 2.48. The molecule has 0 aliphatic rings. The van der Waals surface area contributed by atoms with Gasteiger partial charge in [-0.25, -0.2) is 4.39 Å². The number of aliphatic carboxylic acids is 1. The van der Waals surface area contributed by atoms with Crippen LogP contribution in [0, 0.1) is 12.7 Å². The van der Waals surface area contributed by atoms with E-state index in [1.807, 2.05) is 31.2 Å². The molecule has 0 amide bonds. The zero-order chi connectivity index (χ0) is 15.4. The van der Waals surface area contributed by atoms with Gasteiger partial charge in [0.05, 0.1) is 0 Å². The molecule has 1 N–H and O–H groups in total. The summed E-state index contributed by atoms with van der Waals surface area (Å²) in [6.45, 7) is 2.06. The highest BCUT2D eigenvalue weighted by atomic mass is 35.5. The summed E-state index contributed by atoms with van der Waals surface area (Å²) in [5, 5.41) is 9.34. The molecule has 5 heteroatoms. The molecule has 0 bridgehead atoms. The molecule has 0 unspecified atom stereocenters. The summed E-state index contributed by atoms with van der Waals surface area (Å²) < 4.78 is 13.4. The molecular formula is C16H15ClFNO2. The van der Waals surface area contributed by atoms with Gasteiger partial charge in [-0.1, -0.05) is 29.3 Å². The zero-order valence-corrected chi connectivity index (χ0v) is 12.3. The van der Waals surface area contributed by atoms with E-state index < -0.39 is 11.8 Å². The van der Waals surface area contributed by atoms with Crippen molar-refractivity contribution in [2.75, 3.05) is 11.4 Å². The van der Waals surface area contributed by atoms with Crippen LogP contribution >= 0.6 is 11.6 Å². The number of aryl methyl sites for hydroxylation is 1. The fourth-order valence-corrected chi connectivity index (χ4v) is 2.32. The van der Waals surface area contributed by atoms with Gasteiger partial charge in [0.2, 0.25) is 0 Å². The Morgan fingerprint density at radius 3 is 2.48 bits per heavy atom. The number of anilines is 1. The molecule has 0 radical (unpaired) electrons. The van der Waals surface area contributed by atoms with Gasteiger partial charge >= 0.3 is 5.97 Å². The lowest BCUT2D eigenvalue weighted by atomic mass is 10.1. The monoisotopic (exact) mass is 307 g/mol. The summed E-state index contributed by atoms with van der Waals surface area (Å²) in [4.78, 5) is 12.7. The minimum atomic E-state index is -0.946. The first-order valence-electron chi connectivity index (χ1n) is 6.42. The molecule has 0 aromatic heterocycles. The number of carboxylic acids is 1. The largest absolute Gasteiger partial charge is 0.480 e. The van der Waals surface area contributed by atoms with Crippen LogP contribution < -0.4 is 4.90 Å². The van der Waals surface area contributed by atoms with Gasteiger partial charge in [-0.15, -0.1) is 0 Å². The van der Waals surface area contributed by atoms with Crippen molar-refractivity contribution >= 4 is 23.3 Å². The molecule has 0 spiro atoms. The fourth-order valence-electron chi connectivity index (χ4n) is 2.08. The number of rotatable bonds is 5. The predicted octanol–water partition coefficient (Wildman–Crippen LogP) is 3.88. The van der Waals surface area contributed by atoms with Gasteiger partial charge in [0.1, 0.15) is 12.4 Å². The van der Waals surface area contributed by atoms with Crippen LogP contribution in [-0.2, 0) is 11.3 Å². The van der Waals surface area contributed by atoms with Crippen molar-refractivity contribution in [3.63, 3.8) is 0 Å². The minimum absolute atomic E-state index is 0.169. The van der Waals surface area contributed by atoms with Crippen LogP contribution in [0.3, 0.4) is 0 Å². The standard InChI is InChI=1S/C16H15ClFNO2/c1-11-2-4-15(5-3-11)19(10-16(20)21)9-12-6-13(17)8-14(18)7-12/h2-8H,9-10H2,1H3,(H,20,21). The van der Waals surface area contributed by atoms with Crippen molar-refractivity contribution < 1.29 is 14.3 Å². The van der Waals surface area contributed by atoms with Crippen LogP contribution in [0.4, 0.5) is 10.1 Å². The van der Waals surface area contributed by atoms with E-state index in [1.54, 1.807) is 11.0 Å². The van der Waals surface area contributed by atoms with Crippen molar-refractivity contribution in [3.05, 3.63) is 64.4 Å². The molecule has 0 heterocycles. The lowest BCUT2D eigenvalue weighted by Crippen LogP contribution is -2.29. The van der Waals surface area contributed by atoms with Gasteiger partial charge < -0.3 is 10.0 Å². The van der Waals surface area contributed by atoms with Gasteiger partial charge in [0, 0.05) is 17.3 Å². The number of hydrogen-bond donors (Lipinski definition) is 1. The first-order chi connectivity index (χ1) is 9.94. The van der Waals surface area contributed by atoms with E-state index in [2.05, 4.69) is 0 Å². The normalized spacial score (nSPS) is 10.4. The van der Waals surface area contributed by atoms with Crippen LogP contribution in [0.1, 0.15) is 11.1 Å². The van der Waals surface area contributed by atoms with E-state index in [4.69, 9.17) is 16.7 Å². The average Bonchev–Trinajstić information content (AvgIpc) is 2.37. The molecule has 0 atom stereocenters. The number of benzene rings is 2. The molecular weight excluding hydrogens is 293 g/mol. The quantitative estimate of drug-likeness (QED) is 0.911. The third kappa shape index (κ3) is 4.46. The van der Waals surface area contributed by atoms with Crippen LogP contribution in [0.25, 0.3) is 0 Å². The summed E-state index contributed by atoms with van der Waals surface area (Å²) in [6, 6.07) is 11.7. The van der Waals surface area contributed by atoms with Crippen molar-refractivity contribution in [1.29, 1.82) is 0 Å². The molecule has 2 aromatic rings. The molecule has 2 aromatic carbocycles. The average molecular weight is 308 g/mol. The number of hydrogen-bond acceptors (Lipinski definition) is 2. The molecule has 21 heavy (non-hydrogen) atoms. The number of carbonyl (C=O) groups is 1. The Hall–Kier alpha value is -2.07. The Balaban J connectivity index is 2.27. The van der Waals surface area contributed by atoms with Gasteiger partial charge in [0.15, 0.2) is 0 Å². The smallest absolute Gasteiger partial charge is 0.323 e. The number of carboxylic acid groups (broad SMARTS) is 1. The van der Waals surface area contributed by atoms with Crippen molar-refractivity contribution in [2.24, 2.45) is 0 Å². The first-order valence-corrected chi connectivity index (χ1v) is 6.80. The summed E-state index contributed by atoms with van der Waals surface area (Å²) in [7, 11) is 0. The van der Waals surface area contributed by atoms with E-state index in [0.717, 1.165) is 11.3 Å². The van der Waals surface area contributed by atoms with Crippen LogP contribution in [-0.4, -0.2) is 17.6 Å². The van der Waals surface area contributed by atoms with E-state index in [0.29, 0.717) is 10.6 Å². The SMILES string of the molecule is Cc1ccc(N(CC(=O)O)Cc2cc(F)cc(Cl)c2)cc1. The maximum Gasteiger partial charge on any atom is 0.323 e. The van der Waals surface area contributed by atoms with Gasteiger partial charge in [0.25, 0.3) is 0 Å². The van der Waals surface area contributed by atoms with Crippen LogP contribution in [0.15, 0.2) is 42.5 Å². The highest BCUT2D eigenvalue weighted by molar-refractivity contribution is 6.30. The van der Waals surface area contributed by atoms with Gasteiger partial charge in [-0.05, 0) is 42.8 Å². The first kappa shape index (κ1) is 15.3. The number of halogens is 2. The zero-order valence-electron chi connectivity index (χ0n) is 11.5. The highest BCUT2D eigenvalue weighted by Gasteiger charge is 2.12. The van der Waals surface area contributed by atoms with Crippen LogP contribution in [0.2, 0.25) is 5.02 Å². The van der Waals surface area contributed by atoms with E-state index in [9.17, 15) is 9.18 Å². The minimum Gasteiger partial charge on any atom is -0.480 e. The second-order valence-electron chi connectivity index (χ2n) is 4.86. The molecule has 0 saturated carbocycles. The maximum absolute atomic E-state index is 13.4. The van der Waals surface area contributed by atoms with E-state index in [1.165, 1.54) is 12.1 Å². The van der Waals surface area contributed by atoms with E-state index in [-0.39, 0.29) is 13.1 Å². The Morgan fingerprint density at radius 1 is 1.24 bits per heavy atom. The third-order valence-electron chi connectivity index (χ3n) is 3.02. The molecule has 0 aliphatic carbocycles. The fraction of sp³-hybridized carbons (Fsp3) is 0.188. The maximum atomic E-state index is 13.4. The van der Waals surface area contributed by atoms with Gasteiger partial charge in [-0.2, -0.15) is 0 Å². The Labute approximate surface area is 127 Å². The van der Waals surface area contributed by atoms with Crippen LogP contribution in [0.5, 0.6) is 0 Å². The Morgan fingerprint density at radius 2 is 1.90 bits per heavy atom. The summed E-state index contributed by atoms with van der Waals surface area (Å²) in [5.74, 6) is -1.38. The molecule has 0 aliphatic heterocycles. The molecule has 2 rings (SSSR count). The molecule has 110 valence electrons. The number of nitrogens with zero attached hydrogens (tertiary/aromatic N) is 1. The third-order valence-corrected chi connectivity index (χ3v) is 3.24. The second kappa shape index (κ2) is 6.59. The highest BCUT2D eigenvalue weighted by Crippen LogP contribution is 2.20. The Bertz CT molecular complexity index is 623. The van der Waals surface area contributed by atoms with Crippen molar-refractivity contribution in [3.8, 4) is 0 Å². The predicted molar refractivity (Wildman–Crippen MR) is 81.3 cm³/mol. The molecule has 0 saturated heterocycles. The topological polar surface area (TPSA) is 40.5 Å². The summed E-state index contributed by atoms with van der Waals surface area (Å²) >= 11 is 5.83. The van der Waals surface area contributed by atoms with E-state index >= 15 is 0 Å². The lowest BCUT2D eigenvalue weighted by molar-refractivity contribution is -0.135. The second-order valence-corrected chi connectivity index (χ2v) is 5.30. The van der Waals surface area contributed by atoms with Crippen molar-refractivity contribution in [1.82, 2.24) is 0 Å². The van der Waals surface area contributed by atoms with Crippen molar-refractivity contribution in [2.45, 2.75) is 13.5 Å². The molecule has 0 fully saturated rings. The lowest BCUT2D eigenvalue weighted by Gasteiger charge is -2.23. The Kier molecular flexibility index (Phi) is 4.81. The molecule has 3 nitrogen and oxygen atoms in total.